The number of carboxylic acid groups (broad SMARTS) is 1. The molecule has 1 aromatic heterocycles. The molecule has 3 rings (SSSR count). The molecule has 0 bridgehead atoms. The fourth-order valence-corrected chi connectivity index (χ4v) is 2.74. The van der Waals surface area contributed by atoms with Crippen LogP contribution < -0.4 is 39.6 Å². The minimum atomic E-state index is -1.11. The smallest absolute Gasteiger partial charge is 0.549 e. The maximum Gasteiger partial charge on any atom is 1.00 e. The molecule has 1 aliphatic rings. The monoisotopic (exact) mass is 356 g/mol. The largest absolute Gasteiger partial charge is 1.00 e. The number of hydrogen-bond acceptors (Lipinski definition) is 6. The van der Waals surface area contributed by atoms with Crippen molar-refractivity contribution in [3.8, 4) is 11.1 Å². The Morgan fingerprint density at radius 1 is 1.16 bits per heavy atom. The molecule has 25 heavy (non-hydrogen) atoms. The molecule has 0 amide bonds. The van der Waals surface area contributed by atoms with Crippen LogP contribution >= 0.6 is 0 Å². The summed E-state index contributed by atoms with van der Waals surface area (Å²) in [6.07, 6.45) is 1.32. The Labute approximate surface area is 165 Å². The van der Waals surface area contributed by atoms with Crippen LogP contribution in [0.3, 0.4) is 0 Å². The molecule has 0 N–H and O–H groups in total. The van der Waals surface area contributed by atoms with Gasteiger partial charge in [-0.2, -0.15) is 5.10 Å². The van der Waals surface area contributed by atoms with E-state index >= 15 is 0 Å². The second-order valence-electron chi connectivity index (χ2n) is 5.53. The number of piperazine rings is 1. The number of benzene rings is 1. The first-order valence-corrected chi connectivity index (χ1v) is 7.49. The Morgan fingerprint density at radius 3 is 2.40 bits per heavy atom. The number of halogens is 2. The van der Waals surface area contributed by atoms with Crippen molar-refractivity contribution in [2.24, 2.45) is 0 Å². The molecule has 0 aliphatic carbocycles. The fraction of sp³-hybridized carbons (Fsp3) is 0.312. The minimum Gasteiger partial charge on any atom is -0.549 e. The van der Waals surface area contributed by atoms with Gasteiger partial charge in [-0.3, -0.25) is 4.90 Å². The molecule has 2 aromatic rings. The van der Waals surface area contributed by atoms with Crippen LogP contribution in [0, 0.1) is 11.6 Å². The van der Waals surface area contributed by atoms with E-state index in [-0.39, 0.29) is 41.7 Å². The second kappa shape index (κ2) is 8.66. The molecule has 126 valence electrons. The molecule has 6 nitrogen and oxygen atoms in total. The third-order valence-corrected chi connectivity index (χ3v) is 3.94. The Morgan fingerprint density at radius 2 is 1.80 bits per heavy atom. The molecule has 0 radical (unpaired) electrons. The van der Waals surface area contributed by atoms with Gasteiger partial charge in [-0.1, -0.05) is 6.07 Å². The molecule has 1 aliphatic heterocycles. The first-order valence-electron chi connectivity index (χ1n) is 7.49. The second-order valence-corrected chi connectivity index (χ2v) is 5.53. The van der Waals surface area contributed by atoms with Gasteiger partial charge in [0.2, 0.25) is 0 Å². The van der Waals surface area contributed by atoms with E-state index in [4.69, 9.17) is 0 Å². The van der Waals surface area contributed by atoms with Crippen LogP contribution in [-0.2, 0) is 4.79 Å². The summed E-state index contributed by atoms with van der Waals surface area (Å²) in [5.41, 5.74) is 0.178. The van der Waals surface area contributed by atoms with Crippen molar-refractivity contribution in [2.75, 3.05) is 37.6 Å². The van der Waals surface area contributed by atoms with Gasteiger partial charge in [-0.05, 0) is 18.2 Å². The molecule has 0 unspecified atom stereocenters. The van der Waals surface area contributed by atoms with Crippen LogP contribution in [0.5, 0.6) is 0 Å². The van der Waals surface area contributed by atoms with Crippen molar-refractivity contribution in [1.82, 2.24) is 15.1 Å². The van der Waals surface area contributed by atoms with E-state index in [0.29, 0.717) is 37.6 Å². The number of aliphatic carboxylic acids is 1. The van der Waals surface area contributed by atoms with Crippen molar-refractivity contribution >= 4 is 11.8 Å². The van der Waals surface area contributed by atoms with Crippen molar-refractivity contribution in [2.45, 2.75) is 0 Å². The third kappa shape index (κ3) is 4.72. The van der Waals surface area contributed by atoms with Gasteiger partial charge in [-0.25, -0.2) is 8.78 Å². The summed E-state index contributed by atoms with van der Waals surface area (Å²) in [7, 11) is 0. The predicted octanol–water partition coefficient (Wildman–Crippen LogP) is -2.70. The molecular weight excluding hydrogens is 341 g/mol. The molecule has 1 saturated heterocycles. The van der Waals surface area contributed by atoms with Gasteiger partial charge in [0.15, 0.2) is 5.82 Å². The topological polar surface area (TPSA) is 72.4 Å². The van der Waals surface area contributed by atoms with Crippen LogP contribution in [0.1, 0.15) is 0 Å². The van der Waals surface area contributed by atoms with Gasteiger partial charge in [-0.15, -0.1) is 5.10 Å². The summed E-state index contributed by atoms with van der Waals surface area (Å²) >= 11 is 0. The fourth-order valence-electron chi connectivity index (χ4n) is 2.74. The zero-order chi connectivity index (χ0) is 17.1. The molecule has 2 heterocycles. The Bertz CT molecular complexity index is 734. The van der Waals surface area contributed by atoms with E-state index in [2.05, 4.69) is 10.2 Å². The molecular formula is C16H15F2N4NaO2. The van der Waals surface area contributed by atoms with E-state index < -0.39 is 17.6 Å². The number of hydrogen-bond donors (Lipinski definition) is 0. The van der Waals surface area contributed by atoms with Gasteiger partial charge in [0.25, 0.3) is 0 Å². The van der Waals surface area contributed by atoms with Crippen LogP contribution in [0.25, 0.3) is 11.1 Å². The number of carbonyl (C=O) groups is 1. The van der Waals surface area contributed by atoms with E-state index in [1.165, 1.54) is 24.4 Å². The summed E-state index contributed by atoms with van der Waals surface area (Å²) < 4.78 is 27.8. The Kier molecular flexibility index (Phi) is 6.83. The first kappa shape index (κ1) is 19.7. The number of carbonyl (C=O) groups excluding carboxylic acids is 1. The van der Waals surface area contributed by atoms with E-state index in [9.17, 15) is 18.7 Å². The van der Waals surface area contributed by atoms with Crippen LogP contribution in [0.4, 0.5) is 14.6 Å². The minimum absolute atomic E-state index is 0. The summed E-state index contributed by atoms with van der Waals surface area (Å²) in [6, 6.07) is 5.28. The summed E-state index contributed by atoms with van der Waals surface area (Å²) in [5, 5.41) is 18.5. The maximum atomic E-state index is 13.9. The number of anilines is 1. The van der Waals surface area contributed by atoms with E-state index in [1.54, 1.807) is 11.0 Å². The summed E-state index contributed by atoms with van der Waals surface area (Å²) in [4.78, 5) is 14.3. The zero-order valence-electron chi connectivity index (χ0n) is 13.8. The molecule has 0 spiro atoms. The third-order valence-electron chi connectivity index (χ3n) is 3.94. The molecule has 9 heteroatoms. The standard InChI is InChI=1S/C16H16F2N4O2.Na/c17-12-2-1-3-13(18)16(12)11-8-14(20-19-9-11)22-6-4-21(5-7-22)10-15(23)24;/h1-3,8-9H,4-7,10H2,(H,23,24);/q;+1/p-1. The van der Waals surface area contributed by atoms with Gasteiger partial charge in [0, 0.05) is 38.3 Å². The summed E-state index contributed by atoms with van der Waals surface area (Å²) in [6.45, 7) is 2.05. The van der Waals surface area contributed by atoms with Gasteiger partial charge >= 0.3 is 29.6 Å². The van der Waals surface area contributed by atoms with Gasteiger partial charge < -0.3 is 14.8 Å². The van der Waals surface area contributed by atoms with E-state index in [1.807, 2.05) is 4.90 Å². The van der Waals surface area contributed by atoms with Gasteiger partial charge in [0.05, 0.1) is 17.7 Å². The normalized spacial score (nSPS) is 14.9. The maximum absolute atomic E-state index is 13.9. The Balaban J connectivity index is 0.00000225. The van der Waals surface area contributed by atoms with Crippen LogP contribution in [0.2, 0.25) is 0 Å². The molecule has 1 aromatic carbocycles. The number of carboxylic acids is 1. The Hall–Kier alpha value is -1.61. The number of rotatable bonds is 4. The van der Waals surface area contributed by atoms with Crippen molar-refractivity contribution in [3.05, 3.63) is 42.1 Å². The summed E-state index contributed by atoms with van der Waals surface area (Å²) in [5.74, 6) is -1.93. The molecule has 1 fully saturated rings. The number of nitrogens with zero attached hydrogens (tertiary/aromatic N) is 4. The predicted molar refractivity (Wildman–Crippen MR) is 81.0 cm³/mol. The average Bonchev–Trinajstić information content (AvgIpc) is 2.55. The molecule has 0 atom stereocenters. The van der Waals surface area contributed by atoms with Crippen LogP contribution in [0.15, 0.2) is 30.5 Å². The SMILES string of the molecule is O=C([O-])CN1CCN(c2cc(-c3c(F)cccc3F)cnn2)CC1.[Na+]. The quantitative estimate of drug-likeness (QED) is 0.555. The first-order chi connectivity index (χ1) is 11.5. The zero-order valence-corrected chi connectivity index (χ0v) is 15.8. The van der Waals surface area contributed by atoms with Crippen molar-refractivity contribution in [3.63, 3.8) is 0 Å². The number of aromatic nitrogens is 2. The van der Waals surface area contributed by atoms with Crippen molar-refractivity contribution < 1.29 is 48.2 Å². The van der Waals surface area contributed by atoms with Gasteiger partial charge in [0.1, 0.15) is 11.6 Å². The van der Waals surface area contributed by atoms with Crippen LogP contribution in [-0.4, -0.2) is 53.8 Å². The average molecular weight is 356 g/mol. The molecule has 0 saturated carbocycles. The van der Waals surface area contributed by atoms with Crippen molar-refractivity contribution in [1.29, 1.82) is 0 Å². The van der Waals surface area contributed by atoms with E-state index in [0.717, 1.165) is 0 Å².